The SMILES string of the molecule is COC(=O)c1ccc(NS(C)(=O)=O)c(C=O)c1. The number of ether oxygens (including phenoxy) is 1. The van der Waals surface area contributed by atoms with Gasteiger partial charge < -0.3 is 4.74 Å². The number of esters is 1. The first-order valence-electron chi connectivity index (χ1n) is 4.52. The number of anilines is 1. The Balaban J connectivity index is 3.19. The van der Waals surface area contributed by atoms with Crippen molar-refractivity contribution in [3.05, 3.63) is 29.3 Å². The van der Waals surface area contributed by atoms with Gasteiger partial charge in [0.15, 0.2) is 6.29 Å². The second-order valence-electron chi connectivity index (χ2n) is 3.29. The van der Waals surface area contributed by atoms with Crippen LogP contribution < -0.4 is 4.72 Å². The number of benzene rings is 1. The van der Waals surface area contributed by atoms with Crippen molar-refractivity contribution in [3.8, 4) is 0 Å². The molecule has 17 heavy (non-hydrogen) atoms. The topological polar surface area (TPSA) is 89.5 Å². The molecule has 1 aromatic rings. The third kappa shape index (κ3) is 3.56. The van der Waals surface area contributed by atoms with Crippen LogP contribution >= 0.6 is 0 Å². The first-order valence-corrected chi connectivity index (χ1v) is 6.42. The molecule has 0 atom stereocenters. The Kier molecular flexibility index (Phi) is 3.84. The molecule has 0 fully saturated rings. The van der Waals surface area contributed by atoms with Gasteiger partial charge in [0.1, 0.15) is 0 Å². The fourth-order valence-corrected chi connectivity index (χ4v) is 1.78. The molecule has 0 spiro atoms. The summed E-state index contributed by atoms with van der Waals surface area (Å²) in [6.45, 7) is 0. The molecule has 0 unspecified atom stereocenters. The summed E-state index contributed by atoms with van der Waals surface area (Å²) in [4.78, 5) is 22.0. The van der Waals surface area contributed by atoms with E-state index in [0.717, 1.165) is 6.26 Å². The highest BCUT2D eigenvalue weighted by Gasteiger charge is 2.11. The molecule has 7 heteroatoms. The minimum absolute atomic E-state index is 0.0679. The number of sulfonamides is 1. The van der Waals surface area contributed by atoms with Gasteiger partial charge in [-0.3, -0.25) is 9.52 Å². The predicted molar refractivity (Wildman–Crippen MR) is 61.6 cm³/mol. The molecule has 1 N–H and O–H groups in total. The Hall–Kier alpha value is -1.89. The van der Waals surface area contributed by atoms with Crippen molar-refractivity contribution in [1.82, 2.24) is 0 Å². The first kappa shape index (κ1) is 13.2. The zero-order valence-corrected chi connectivity index (χ0v) is 10.1. The van der Waals surface area contributed by atoms with Crippen LogP contribution in [0.25, 0.3) is 0 Å². The van der Waals surface area contributed by atoms with E-state index in [-0.39, 0.29) is 16.8 Å². The Morgan fingerprint density at radius 1 is 1.41 bits per heavy atom. The Morgan fingerprint density at radius 2 is 2.06 bits per heavy atom. The van der Waals surface area contributed by atoms with Gasteiger partial charge in [-0.1, -0.05) is 0 Å². The van der Waals surface area contributed by atoms with Crippen LogP contribution in [0.1, 0.15) is 20.7 Å². The van der Waals surface area contributed by atoms with E-state index in [1.807, 2.05) is 0 Å². The highest BCUT2D eigenvalue weighted by atomic mass is 32.2. The van der Waals surface area contributed by atoms with Gasteiger partial charge in [-0.2, -0.15) is 0 Å². The number of methoxy groups -OCH3 is 1. The maximum Gasteiger partial charge on any atom is 0.337 e. The third-order valence-electron chi connectivity index (χ3n) is 1.89. The van der Waals surface area contributed by atoms with E-state index in [0.29, 0.717) is 6.29 Å². The summed E-state index contributed by atoms with van der Waals surface area (Å²) >= 11 is 0. The van der Waals surface area contributed by atoms with E-state index >= 15 is 0 Å². The maximum atomic E-state index is 11.2. The standard InChI is InChI=1S/C10H11NO5S/c1-16-10(13)7-3-4-9(8(5-7)6-12)11-17(2,14)15/h3-6,11H,1-2H3. The first-order chi connectivity index (χ1) is 7.87. The van der Waals surface area contributed by atoms with Gasteiger partial charge >= 0.3 is 5.97 Å². The lowest BCUT2D eigenvalue weighted by molar-refractivity contribution is 0.0600. The van der Waals surface area contributed by atoms with Crippen molar-refractivity contribution in [2.45, 2.75) is 0 Å². The fourth-order valence-electron chi connectivity index (χ4n) is 1.20. The molecule has 0 aliphatic heterocycles. The number of carbonyl (C=O) groups is 2. The van der Waals surface area contributed by atoms with Crippen molar-refractivity contribution in [1.29, 1.82) is 0 Å². The zero-order chi connectivity index (χ0) is 13.1. The molecule has 0 amide bonds. The van der Waals surface area contributed by atoms with Gasteiger partial charge in [0.2, 0.25) is 10.0 Å². The van der Waals surface area contributed by atoms with Crippen LogP contribution in [0.2, 0.25) is 0 Å². The molecule has 0 bridgehead atoms. The molecule has 1 aromatic carbocycles. The maximum absolute atomic E-state index is 11.2. The Labute approximate surface area is 98.6 Å². The van der Waals surface area contributed by atoms with Crippen molar-refractivity contribution in [3.63, 3.8) is 0 Å². The molecule has 0 radical (unpaired) electrons. The molecule has 0 heterocycles. The number of aldehydes is 1. The van der Waals surface area contributed by atoms with Gasteiger partial charge in [-0.15, -0.1) is 0 Å². The largest absolute Gasteiger partial charge is 0.465 e. The van der Waals surface area contributed by atoms with Crippen LogP contribution in [0, 0.1) is 0 Å². The summed E-state index contributed by atoms with van der Waals surface area (Å²) < 4.78 is 28.7. The second kappa shape index (κ2) is 4.96. The van der Waals surface area contributed by atoms with E-state index in [4.69, 9.17) is 0 Å². The minimum Gasteiger partial charge on any atom is -0.465 e. The van der Waals surface area contributed by atoms with Crippen LogP contribution in [0.4, 0.5) is 5.69 Å². The predicted octanol–water partition coefficient (Wildman–Crippen LogP) is 0.657. The second-order valence-corrected chi connectivity index (χ2v) is 5.03. The van der Waals surface area contributed by atoms with Crippen LogP contribution in [0.5, 0.6) is 0 Å². The van der Waals surface area contributed by atoms with Crippen molar-refractivity contribution in [2.24, 2.45) is 0 Å². The van der Waals surface area contributed by atoms with Gasteiger partial charge in [0.25, 0.3) is 0 Å². The van der Waals surface area contributed by atoms with Gasteiger partial charge in [0.05, 0.1) is 24.6 Å². The number of hydrogen-bond acceptors (Lipinski definition) is 5. The van der Waals surface area contributed by atoms with Crippen LogP contribution in [-0.2, 0) is 14.8 Å². The molecule has 0 saturated heterocycles. The summed E-state index contributed by atoms with van der Waals surface area (Å²) in [7, 11) is -2.26. The Morgan fingerprint density at radius 3 is 2.53 bits per heavy atom. The number of rotatable bonds is 4. The van der Waals surface area contributed by atoms with Crippen LogP contribution in [0.3, 0.4) is 0 Å². The number of carbonyl (C=O) groups excluding carboxylic acids is 2. The summed E-state index contributed by atoms with van der Waals surface area (Å²) in [5, 5.41) is 0. The summed E-state index contributed by atoms with van der Waals surface area (Å²) in [6.07, 6.45) is 1.43. The van der Waals surface area contributed by atoms with Crippen LogP contribution in [-0.4, -0.2) is 34.0 Å². The smallest absolute Gasteiger partial charge is 0.337 e. The number of nitrogens with one attached hydrogen (secondary N) is 1. The van der Waals surface area contributed by atoms with Crippen molar-refractivity contribution >= 4 is 28.0 Å². The van der Waals surface area contributed by atoms with Gasteiger partial charge in [-0.05, 0) is 18.2 Å². The summed E-state index contributed by atoms with van der Waals surface area (Å²) in [5.74, 6) is -0.598. The quantitative estimate of drug-likeness (QED) is 0.632. The zero-order valence-electron chi connectivity index (χ0n) is 9.26. The Bertz CT molecular complexity index is 550. The van der Waals surface area contributed by atoms with E-state index in [2.05, 4.69) is 9.46 Å². The molecule has 1 rings (SSSR count). The normalized spacial score (nSPS) is 10.7. The molecule has 0 saturated carbocycles. The molecular weight excluding hydrogens is 246 g/mol. The molecule has 0 aromatic heterocycles. The van der Waals surface area contributed by atoms with E-state index in [1.54, 1.807) is 0 Å². The molecule has 0 aliphatic carbocycles. The number of hydrogen-bond donors (Lipinski definition) is 1. The van der Waals surface area contributed by atoms with Crippen LogP contribution in [0.15, 0.2) is 18.2 Å². The third-order valence-corrected chi connectivity index (χ3v) is 2.49. The van der Waals surface area contributed by atoms with Crippen molar-refractivity contribution in [2.75, 3.05) is 18.1 Å². The molecule has 0 aliphatic rings. The molecular formula is C10H11NO5S. The van der Waals surface area contributed by atoms with Crippen molar-refractivity contribution < 1.29 is 22.7 Å². The lowest BCUT2D eigenvalue weighted by Crippen LogP contribution is -2.12. The van der Waals surface area contributed by atoms with E-state index < -0.39 is 16.0 Å². The summed E-state index contributed by atoms with van der Waals surface area (Å²) in [5.41, 5.74) is 0.363. The lowest BCUT2D eigenvalue weighted by atomic mass is 10.1. The highest BCUT2D eigenvalue weighted by molar-refractivity contribution is 7.92. The van der Waals surface area contributed by atoms with Gasteiger partial charge in [-0.25, -0.2) is 13.2 Å². The lowest BCUT2D eigenvalue weighted by Gasteiger charge is -2.07. The van der Waals surface area contributed by atoms with E-state index in [9.17, 15) is 18.0 Å². The minimum atomic E-state index is -3.47. The summed E-state index contributed by atoms with van der Waals surface area (Å²) in [6, 6.07) is 3.95. The molecule has 6 nitrogen and oxygen atoms in total. The average Bonchev–Trinajstić information content (AvgIpc) is 2.26. The van der Waals surface area contributed by atoms with Gasteiger partial charge in [0, 0.05) is 5.56 Å². The monoisotopic (exact) mass is 257 g/mol. The average molecular weight is 257 g/mol. The fraction of sp³-hybridized carbons (Fsp3) is 0.200. The van der Waals surface area contributed by atoms with E-state index in [1.165, 1.54) is 25.3 Å². The molecule has 92 valence electrons. The highest BCUT2D eigenvalue weighted by Crippen LogP contribution is 2.17.